The number of hydrogen-bond donors (Lipinski definition) is 0. The molecule has 0 radical (unpaired) electrons. The van der Waals surface area contributed by atoms with Crippen LogP contribution in [-0.2, 0) is 15.9 Å². The Kier molecular flexibility index (Phi) is 15.6. The molecule has 0 atom stereocenters. The van der Waals surface area contributed by atoms with Gasteiger partial charge in [0.2, 0.25) is 0 Å². The molecule has 0 spiro atoms. The van der Waals surface area contributed by atoms with Crippen LogP contribution in [0.2, 0.25) is 0 Å². The van der Waals surface area contributed by atoms with E-state index >= 15 is 0 Å². The van der Waals surface area contributed by atoms with Gasteiger partial charge in [0.05, 0.1) is 14.2 Å². The quantitative estimate of drug-likeness (QED) is 0.199. The molecule has 0 unspecified atom stereocenters. The summed E-state index contributed by atoms with van der Waals surface area (Å²) >= 11 is -0.106. The molecule has 0 heterocycles. The third kappa shape index (κ3) is 10.1. The molecule has 0 amide bonds. The van der Waals surface area contributed by atoms with Crippen LogP contribution in [0.25, 0.3) is 0 Å². The van der Waals surface area contributed by atoms with Crippen molar-refractivity contribution >= 4 is 45.5 Å². The summed E-state index contributed by atoms with van der Waals surface area (Å²) in [6, 6.07) is 18.0. The Morgan fingerprint density at radius 1 is 0.488 bits per heavy atom. The third-order valence-electron chi connectivity index (χ3n) is 9.61. The fraction of sp³-hybridized carbons (Fsp3) is 0.647. The summed E-state index contributed by atoms with van der Waals surface area (Å²) in [5.41, 5.74) is 4.02. The first kappa shape index (κ1) is 34.0. The normalized spacial score (nSPS) is 20.3. The molecule has 41 heavy (non-hydrogen) atoms. The van der Waals surface area contributed by atoms with Crippen LogP contribution in [0.1, 0.15) is 103 Å². The van der Waals surface area contributed by atoms with Crippen molar-refractivity contribution in [2.75, 3.05) is 14.2 Å². The van der Waals surface area contributed by atoms with Gasteiger partial charge in [0.15, 0.2) is 0 Å². The second kappa shape index (κ2) is 18.8. The van der Waals surface area contributed by atoms with Gasteiger partial charge in [0.25, 0.3) is 0 Å². The van der Waals surface area contributed by atoms with Crippen LogP contribution in [0.3, 0.4) is 0 Å². The van der Waals surface area contributed by atoms with E-state index in [-0.39, 0.29) is 31.8 Å². The average Bonchev–Trinajstić information content (AvgIpc) is 3.84. The van der Waals surface area contributed by atoms with Gasteiger partial charge in [-0.1, -0.05) is 91.5 Å². The molecular weight excluding hydrogens is 680 g/mol. The van der Waals surface area contributed by atoms with Gasteiger partial charge in [-0.05, 0) is 109 Å². The fourth-order valence-corrected chi connectivity index (χ4v) is 15.2. The molecule has 0 aliphatic heterocycles. The molecule has 0 N–H and O–H groups in total. The van der Waals surface area contributed by atoms with Crippen molar-refractivity contribution in [1.29, 1.82) is 0 Å². The van der Waals surface area contributed by atoms with Gasteiger partial charge in [-0.15, -0.1) is 0 Å². The Labute approximate surface area is 269 Å². The Morgan fingerprint density at radius 3 is 0.902 bits per heavy atom. The van der Waals surface area contributed by atoms with Crippen LogP contribution < -0.4 is 20.1 Å². The molecule has 232 valence electrons. The summed E-state index contributed by atoms with van der Waals surface area (Å²) in [7, 11) is 13.3. The molecule has 4 aliphatic carbocycles. The van der Waals surface area contributed by atoms with Gasteiger partial charge < -0.3 is 9.47 Å². The molecule has 6 rings (SSSR count). The van der Waals surface area contributed by atoms with Crippen LogP contribution in [0.5, 0.6) is 11.5 Å². The van der Waals surface area contributed by atoms with Crippen molar-refractivity contribution in [3.63, 3.8) is 0 Å². The Hall–Kier alpha value is 0.142. The number of hydrogen-bond acceptors (Lipinski definition) is 2. The van der Waals surface area contributed by atoms with Crippen molar-refractivity contribution in [1.82, 2.24) is 0 Å². The minimum atomic E-state index is -0.106. The molecule has 4 aliphatic rings. The van der Waals surface area contributed by atoms with Crippen molar-refractivity contribution in [2.45, 2.75) is 125 Å². The second-order valence-corrected chi connectivity index (χ2v) is 20.0. The van der Waals surface area contributed by atoms with Gasteiger partial charge in [-0.25, -0.2) is 0 Å². The number of ether oxygens (including phenoxy) is 2. The second-order valence-electron chi connectivity index (χ2n) is 12.0. The van der Waals surface area contributed by atoms with Gasteiger partial charge in [-0.2, -0.15) is 0 Å². The summed E-state index contributed by atoms with van der Waals surface area (Å²) in [6.07, 6.45) is 23.6. The van der Waals surface area contributed by atoms with Gasteiger partial charge in [0, 0.05) is 0 Å². The molecule has 0 saturated heterocycles. The van der Waals surface area contributed by atoms with E-state index in [1.54, 1.807) is 24.8 Å². The van der Waals surface area contributed by atoms with E-state index in [1.807, 2.05) is 0 Å². The molecule has 4 fully saturated rings. The summed E-state index contributed by atoms with van der Waals surface area (Å²) < 4.78 is 10.6. The van der Waals surface area contributed by atoms with Crippen molar-refractivity contribution in [3.8, 4) is 11.5 Å². The maximum absolute atomic E-state index is 5.31. The summed E-state index contributed by atoms with van der Waals surface area (Å²) in [4.78, 5) is 0. The average molecular weight is 730 g/mol. The summed E-state index contributed by atoms with van der Waals surface area (Å²) in [6.45, 7) is 0. The number of methoxy groups -OCH3 is 2. The van der Waals surface area contributed by atoms with Gasteiger partial charge in [0.1, 0.15) is 11.5 Å². The minimum absolute atomic E-state index is 0.0690. The predicted molar refractivity (Wildman–Crippen MR) is 180 cm³/mol. The molecule has 0 aromatic heterocycles. The molecule has 7 heteroatoms. The SMILES string of the molecule is COc1ccc(P(C2CCCC2)C2CCCC2)cc1.COc1ccc(P(C2CCCC2)C2CCCC2)cc1.[Cl][Pd][Cl]. The van der Waals surface area contributed by atoms with E-state index in [4.69, 9.17) is 28.5 Å². The molecule has 4 saturated carbocycles. The van der Waals surface area contributed by atoms with E-state index in [0.717, 1.165) is 34.1 Å². The first-order chi connectivity index (χ1) is 20.2. The van der Waals surface area contributed by atoms with Crippen LogP contribution in [0, 0.1) is 0 Å². The van der Waals surface area contributed by atoms with E-state index in [9.17, 15) is 0 Å². The zero-order valence-electron chi connectivity index (χ0n) is 25.0. The topological polar surface area (TPSA) is 18.5 Å². The monoisotopic (exact) mass is 728 g/mol. The zero-order valence-corrected chi connectivity index (χ0v) is 29.9. The summed E-state index contributed by atoms with van der Waals surface area (Å²) in [5, 5.41) is 3.27. The Bertz CT molecular complexity index is 858. The molecule has 2 nitrogen and oxygen atoms in total. The number of rotatable bonds is 8. The molecule has 0 bridgehead atoms. The van der Waals surface area contributed by atoms with E-state index in [2.05, 4.69) is 48.5 Å². The predicted octanol–water partition coefficient (Wildman–Crippen LogP) is 10.8. The van der Waals surface area contributed by atoms with Crippen LogP contribution in [0.15, 0.2) is 48.5 Å². The Morgan fingerprint density at radius 2 is 0.707 bits per heavy atom. The van der Waals surface area contributed by atoms with E-state index in [1.165, 1.54) is 103 Å². The van der Waals surface area contributed by atoms with Crippen molar-refractivity contribution < 1.29 is 25.4 Å². The van der Waals surface area contributed by atoms with Gasteiger partial charge in [-0.3, -0.25) is 0 Å². The van der Waals surface area contributed by atoms with Crippen molar-refractivity contribution in [3.05, 3.63) is 48.5 Å². The number of benzene rings is 2. The summed E-state index contributed by atoms with van der Waals surface area (Å²) in [5.74, 6) is 1.99. The fourth-order valence-electron chi connectivity index (χ4n) is 7.68. The van der Waals surface area contributed by atoms with Crippen molar-refractivity contribution in [2.24, 2.45) is 0 Å². The van der Waals surface area contributed by atoms with Crippen LogP contribution >= 0.6 is 34.9 Å². The number of halogens is 2. The molecule has 2 aromatic carbocycles. The van der Waals surface area contributed by atoms with Crippen LogP contribution in [-0.4, -0.2) is 36.9 Å². The third-order valence-corrected chi connectivity index (χ3v) is 16.6. The van der Waals surface area contributed by atoms with Crippen LogP contribution in [0.4, 0.5) is 0 Å². The first-order valence-electron chi connectivity index (χ1n) is 15.9. The molecular formula is C34H50Cl2O2P2Pd. The maximum atomic E-state index is 5.31. The van der Waals surface area contributed by atoms with Gasteiger partial charge >= 0.3 is 35.0 Å². The first-order valence-corrected chi connectivity index (χ1v) is 22.8. The molecule has 2 aromatic rings. The zero-order chi connectivity index (χ0) is 28.9. The van der Waals surface area contributed by atoms with E-state index < -0.39 is 0 Å². The van der Waals surface area contributed by atoms with E-state index in [0.29, 0.717) is 0 Å². The standard InChI is InChI=1S/2C17H25OP.2ClH.Pd/c2*1-18-14-10-12-17(13-11-14)19(15-6-2-3-7-15)16-8-4-5-9-16;;;/h2*10-13,15-16H,2-9H2,1H3;2*1H;/q;;;;+2/p-2. The Balaban J connectivity index is 0.000000173.